The van der Waals surface area contributed by atoms with E-state index in [0.29, 0.717) is 6.54 Å². The Morgan fingerprint density at radius 2 is 2.06 bits per heavy atom. The molecule has 0 aliphatic heterocycles. The van der Waals surface area contributed by atoms with Gasteiger partial charge in [-0.3, -0.25) is 4.79 Å². The summed E-state index contributed by atoms with van der Waals surface area (Å²) in [4.78, 5) is 10.9. The summed E-state index contributed by atoms with van der Waals surface area (Å²) in [5.41, 5.74) is 6.38. The van der Waals surface area contributed by atoms with E-state index in [1.807, 2.05) is 25.1 Å². The molecule has 0 aliphatic carbocycles. The molecule has 0 aromatic heterocycles. The van der Waals surface area contributed by atoms with Gasteiger partial charge in [0.1, 0.15) is 0 Å². The summed E-state index contributed by atoms with van der Waals surface area (Å²) in [6.07, 6.45) is 0. The summed E-state index contributed by atoms with van der Waals surface area (Å²) in [5.74, 6) is -0.420. The molecule has 0 fully saturated rings. The molecule has 16 heavy (non-hydrogen) atoms. The van der Waals surface area contributed by atoms with Crippen molar-refractivity contribution in [2.24, 2.45) is 11.7 Å². The van der Waals surface area contributed by atoms with Crippen LogP contribution in [0.15, 0.2) is 28.7 Å². The fourth-order valence-electron chi connectivity index (χ4n) is 1.39. The minimum absolute atomic E-state index is 0.148. The Bertz CT molecular complexity index is 368. The highest BCUT2D eigenvalue weighted by atomic mass is 79.9. The zero-order chi connectivity index (χ0) is 12.1. The van der Waals surface area contributed by atoms with Crippen LogP contribution in [0.3, 0.4) is 0 Å². The third-order valence-corrected chi connectivity index (χ3v) is 3.31. The quantitative estimate of drug-likeness (QED) is 0.871. The van der Waals surface area contributed by atoms with Gasteiger partial charge in [-0.05, 0) is 18.6 Å². The molecular formula is C12H17BrN2O. The molecule has 1 aromatic carbocycles. The van der Waals surface area contributed by atoms with Gasteiger partial charge in [0.05, 0.1) is 0 Å². The average Bonchev–Trinajstić information content (AvgIpc) is 2.25. The second kappa shape index (κ2) is 6.01. The van der Waals surface area contributed by atoms with Crippen LogP contribution in [0, 0.1) is 5.92 Å². The van der Waals surface area contributed by atoms with E-state index in [1.165, 1.54) is 5.56 Å². The van der Waals surface area contributed by atoms with E-state index < -0.39 is 0 Å². The number of halogens is 1. The molecule has 0 saturated carbocycles. The smallest absolute Gasteiger partial charge is 0.221 e. The van der Waals surface area contributed by atoms with Crippen LogP contribution in [0.5, 0.6) is 0 Å². The summed E-state index contributed by atoms with van der Waals surface area (Å²) in [6, 6.07) is 8.22. The normalized spacial score (nSPS) is 14.4. The summed E-state index contributed by atoms with van der Waals surface area (Å²) in [7, 11) is 0. The van der Waals surface area contributed by atoms with Gasteiger partial charge in [-0.1, -0.05) is 41.1 Å². The maximum atomic E-state index is 10.9. The molecule has 1 rings (SSSR count). The van der Waals surface area contributed by atoms with Crippen molar-refractivity contribution >= 4 is 21.8 Å². The lowest BCUT2D eigenvalue weighted by Gasteiger charge is -2.17. The molecule has 3 nitrogen and oxygen atoms in total. The highest BCUT2D eigenvalue weighted by Gasteiger charge is 2.12. The molecule has 0 saturated heterocycles. The van der Waals surface area contributed by atoms with Crippen molar-refractivity contribution in [2.75, 3.05) is 6.54 Å². The lowest BCUT2D eigenvalue weighted by atomic mass is 10.1. The Morgan fingerprint density at radius 3 is 2.62 bits per heavy atom. The van der Waals surface area contributed by atoms with E-state index in [9.17, 15) is 4.79 Å². The number of primary amides is 1. The molecule has 2 atom stereocenters. The van der Waals surface area contributed by atoms with Crippen LogP contribution in [-0.2, 0) is 4.79 Å². The molecule has 0 bridgehead atoms. The van der Waals surface area contributed by atoms with Gasteiger partial charge >= 0.3 is 0 Å². The third kappa shape index (κ3) is 3.61. The molecule has 3 N–H and O–H groups in total. The van der Waals surface area contributed by atoms with Gasteiger partial charge in [-0.25, -0.2) is 0 Å². The molecular weight excluding hydrogens is 268 g/mol. The third-order valence-electron chi connectivity index (χ3n) is 2.59. The molecule has 0 aliphatic rings. The molecule has 0 spiro atoms. The van der Waals surface area contributed by atoms with Gasteiger partial charge in [-0.15, -0.1) is 0 Å². The first-order chi connectivity index (χ1) is 7.52. The lowest BCUT2D eigenvalue weighted by Crippen LogP contribution is -2.32. The zero-order valence-corrected chi connectivity index (χ0v) is 11.1. The number of rotatable bonds is 5. The van der Waals surface area contributed by atoms with Gasteiger partial charge in [0, 0.05) is 23.0 Å². The van der Waals surface area contributed by atoms with Crippen molar-refractivity contribution < 1.29 is 4.79 Å². The number of nitrogens with two attached hydrogens (primary N) is 1. The SMILES string of the molecule is CC(CN[C@@H](C)c1ccccc1Br)C(N)=O. The second-order valence-electron chi connectivity index (χ2n) is 3.95. The number of amides is 1. The molecule has 1 unspecified atom stereocenters. The van der Waals surface area contributed by atoms with Crippen LogP contribution in [-0.4, -0.2) is 12.5 Å². The summed E-state index contributed by atoms with van der Waals surface area (Å²) in [5, 5.41) is 3.29. The van der Waals surface area contributed by atoms with Crippen molar-refractivity contribution in [1.82, 2.24) is 5.32 Å². The zero-order valence-electron chi connectivity index (χ0n) is 9.53. The number of carbonyl (C=O) groups is 1. The predicted molar refractivity (Wildman–Crippen MR) is 68.9 cm³/mol. The Kier molecular flexibility index (Phi) is 4.96. The van der Waals surface area contributed by atoms with E-state index in [0.717, 1.165) is 4.47 Å². The van der Waals surface area contributed by atoms with Crippen molar-refractivity contribution in [3.05, 3.63) is 34.3 Å². The second-order valence-corrected chi connectivity index (χ2v) is 4.81. The predicted octanol–water partition coefficient (Wildman–Crippen LogP) is 2.22. The minimum Gasteiger partial charge on any atom is -0.369 e. The van der Waals surface area contributed by atoms with Gasteiger partial charge in [0.15, 0.2) is 0 Å². The topological polar surface area (TPSA) is 55.1 Å². The Morgan fingerprint density at radius 1 is 1.44 bits per heavy atom. The van der Waals surface area contributed by atoms with Crippen molar-refractivity contribution in [3.8, 4) is 0 Å². The molecule has 0 heterocycles. The van der Waals surface area contributed by atoms with Crippen LogP contribution in [0.1, 0.15) is 25.5 Å². The number of hydrogen-bond acceptors (Lipinski definition) is 2. The first-order valence-corrected chi connectivity index (χ1v) is 6.08. The van der Waals surface area contributed by atoms with E-state index in [1.54, 1.807) is 0 Å². The van der Waals surface area contributed by atoms with Gasteiger partial charge in [0.25, 0.3) is 0 Å². The van der Waals surface area contributed by atoms with E-state index in [2.05, 4.69) is 34.2 Å². The van der Waals surface area contributed by atoms with Crippen LogP contribution in [0.2, 0.25) is 0 Å². The van der Waals surface area contributed by atoms with E-state index in [-0.39, 0.29) is 17.9 Å². The van der Waals surface area contributed by atoms with Crippen molar-refractivity contribution in [1.29, 1.82) is 0 Å². The molecule has 1 aromatic rings. The number of hydrogen-bond donors (Lipinski definition) is 2. The molecule has 4 heteroatoms. The van der Waals surface area contributed by atoms with E-state index >= 15 is 0 Å². The molecule has 1 amide bonds. The van der Waals surface area contributed by atoms with Gasteiger partial charge < -0.3 is 11.1 Å². The number of carbonyl (C=O) groups excluding carboxylic acids is 1. The summed E-state index contributed by atoms with van der Waals surface area (Å²) >= 11 is 3.50. The van der Waals surface area contributed by atoms with Crippen molar-refractivity contribution in [3.63, 3.8) is 0 Å². The highest BCUT2D eigenvalue weighted by molar-refractivity contribution is 9.10. The highest BCUT2D eigenvalue weighted by Crippen LogP contribution is 2.22. The maximum Gasteiger partial charge on any atom is 0.221 e. The van der Waals surface area contributed by atoms with Crippen LogP contribution in [0.4, 0.5) is 0 Å². The average molecular weight is 285 g/mol. The van der Waals surface area contributed by atoms with E-state index in [4.69, 9.17) is 5.73 Å². The standard InChI is InChI=1S/C12H17BrN2O/c1-8(12(14)16)7-15-9(2)10-5-3-4-6-11(10)13/h3-6,8-9,15H,7H2,1-2H3,(H2,14,16)/t8?,9-/m0/s1. The van der Waals surface area contributed by atoms with Gasteiger partial charge in [0.2, 0.25) is 5.91 Å². The number of benzene rings is 1. The molecule has 0 radical (unpaired) electrons. The number of nitrogens with one attached hydrogen (secondary N) is 1. The lowest BCUT2D eigenvalue weighted by molar-refractivity contribution is -0.121. The first kappa shape index (κ1) is 13.2. The Labute approximate surface area is 105 Å². The maximum absolute atomic E-state index is 10.9. The van der Waals surface area contributed by atoms with Crippen LogP contribution < -0.4 is 11.1 Å². The monoisotopic (exact) mass is 284 g/mol. The van der Waals surface area contributed by atoms with Crippen LogP contribution in [0.25, 0.3) is 0 Å². The summed E-state index contributed by atoms with van der Waals surface area (Å²) in [6.45, 7) is 4.48. The largest absolute Gasteiger partial charge is 0.369 e. The first-order valence-electron chi connectivity index (χ1n) is 5.29. The minimum atomic E-state index is -0.271. The molecule has 88 valence electrons. The van der Waals surface area contributed by atoms with Crippen molar-refractivity contribution in [2.45, 2.75) is 19.9 Å². The summed E-state index contributed by atoms with van der Waals surface area (Å²) < 4.78 is 1.07. The fourth-order valence-corrected chi connectivity index (χ4v) is 2.02. The Hall–Kier alpha value is -0.870. The van der Waals surface area contributed by atoms with Gasteiger partial charge in [-0.2, -0.15) is 0 Å². The fraction of sp³-hybridized carbons (Fsp3) is 0.417. The Balaban J connectivity index is 2.56. The van der Waals surface area contributed by atoms with Crippen LogP contribution >= 0.6 is 15.9 Å².